The number of aryl methyl sites for hydroxylation is 1. The molecule has 0 atom stereocenters. The zero-order valence-electron chi connectivity index (χ0n) is 20.6. The molecule has 1 aliphatic carbocycles. The fourth-order valence-electron chi connectivity index (χ4n) is 5.82. The second kappa shape index (κ2) is 10.9. The highest BCUT2D eigenvalue weighted by Gasteiger charge is 2.33. The third-order valence-corrected chi connectivity index (χ3v) is 9.18. The SMILES string of the molecule is CCc1cccc2c(/C=C3\SC(=S)N(CCC4CCCC4)C3=O)cn(CC(=O)N3CCCCC3)c12. The summed E-state index contributed by atoms with van der Waals surface area (Å²) >= 11 is 7.00. The first-order valence-electron chi connectivity index (χ1n) is 13.2. The Morgan fingerprint density at radius 2 is 1.91 bits per heavy atom. The fourth-order valence-corrected chi connectivity index (χ4v) is 7.12. The number of fused-ring (bicyclic) bond motifs is 1. The second-order valence-electron chi connectivity index (χ2n) is 10.1. The Bertz CT molecular complexity index is 1160. The van der Waals surface area contributed by atoms with Crippen LogP contribution in [0.5, 0.6) is 0 Å². The summed E-state index contributed by atoms with van der Waals surface area (Å²) < 4.78 is 2.76. The molecule has 35 heavy (non-hydrogen) atoms. The number of hydrogen-bond donors (Lipinski definition) is 0. The maximum atomic E-state index is 13.3. The van der Waals surface area contributed by atoms with E-state index in [0.29, 0.717) is 15.8 Å². The summed E-state index contributed by atoms with van der Waals surface area (Å²) in [6.45, 7) is 4.92. The molecule has 0 radical (unpaired) electrons. The van der Waals surface area contributed by atoms with E-state index in [1.54, 1.807) is 4.90 Å². The smallest absolute Gasteiger partial charge is 0.266 e. The summed E-state index contributed by atoms with van der Waals surface area (Å²) in [5.41, 5.74) is 3.30. The number of rotatable bonds is 7. The van der Waals surface area contributed by atoms with Gasteiger partial charge in [0.05, 0.1) is 10.4 Å². The van der Waals surface area contributed by atoms with Gasteiger partial charge in [-0.25, -0.2) is 0 Å². The van der Waals surface area contributed by atoms with Gasteiger partial charge in [0.25, 0.3) is 5.91 Å². The van der Waals surface area contributed by atoms with Gasteiger partial charge in [-0.1, -0.05) is 74.8 Å². The summed E-state index contributed by atoms with van der Waals surface area (Å²) in [6, 6.07) is 6.31. The molecule has 186 valence electrons. The first-order valence-corrected chi connectivity index (χ1v) is 14.4. The molecule has 5 rings (SSSR count). The average Bonchev–Trinajstić information content (AvgIpc) is 3.58. The van der Waals surface area contributed by atoms with Crippen LogP contribution in [0.2, 0.25) is 0 Å². The van der Waals surface area contributed by atoms with Crippen LogP contribution in [0, 0.1) is 5.92 Å². The Morgan fingerprint density at radius 1 is 1.14 bits per heavy atom. The molecular formula is C28H35N3O2S2. The minimum atomic E-state index is 0.0231. The van der Waals surface area contributed by atoms with E-state index in [1.807, 2.05) is 11.0 Å². The molecule has 0 bridgehead atoms. The molecule has 0 spiro atoms. The van der Waals surface area contributed by atoms with Gasteiger partial charge in [0.15, 0.2) is 0 Å². The fraction of sp³-hybridized carbons (Fsp3) is 0.536. The van der Waals surface area contributed by atoms with Crippen LogP contribution in [0.15, 0.2) is 29.3 Å². The molecule has 5 nitrogen and oxygen atoms in total. The zero-order chi connectivity index (χ0) is 24.4. The van der Waals surface area contributed by atoms with E-state index in [9.17, 15) is 9.59 Å². The number of benzene rings is 1. The first kappa shape index (κ1) is 24.6. The molecule has 2 aromatic rings. The molecule has 3 aliphatic rings. The summed E-state index contributed by atoms with van der Waals surface area (Å²) in [6.07, 6.45) is 14.5. The minimum absolute atomic E-state index is 0.0231. The highest BCUT2D eigenvalue weighted by atomic mass is 32.2. The standard InChI is InChI=1S/C28H35N3O2S2/c1-2-21-11-8-12-23-22(18-30(26(21)23)19-25(32)29-14-6-3-7-15-29)17-24-27(33)31(28(34)35-24)16-13-20-9-4-5-10-20/h8,11-12,17-18,20H,2-7,9-10,13-16,19H2,1H3/b24-17-. The summed E-state index contributed by atoms with van der Waals surface area (Å²) in [4.78, 5) is 30.8. The number of thioether (sulfide) groups is 1. The van der Waals surface area contributed by atoms with Crippen molar-refractivity contribution < 1.29 is 9.59 Å². The topological polar surface area (TPSA) is 45.6 Å². The van der Waals surface area contributed by atoms with Crippen LogP contribution in [0.4, 0.5) is 0 Å². The lowest BCUT2D eigenvalue weighted by atomic mass is 10.0. The van der Waals surface area contributed by atoms with Crippen molar-refractivity contribution in [1.82, 2.24) is 14.4 Å². The molecular weight excluding hydrogens is 474 g/mol. The lowest BCUT2D eigenvalue weighted by molar-refractivity contribution is -0.132. The van der Waals surface area contributed by atoms with E-state index in [0.717, 1.165) is 67.7 Å². The Labute approximate surface area is 217 Å². The highest BCUT2D eigenvalue weighted by molar-refractivity contribution is 8.26. The van der Waals surface area contributed by atoms with E-state index in [1.165, 1.54) is 49.4 Å². The van der Waals surface area contributed by atoms with Crippen LogP contribution in [-0.4, -0.2) is 50.1 Å². The van der Waals surface area contributed by atoms with E-state index in [-0.39, 0.29) is 11.8 Å². The zero-order valence-corrected chi connectivity index (χ0v) is 22.3. The van der Waals surface area contributed by atoms with Crippen LogP contribution in [0.1, 0.15) is 69.4 Å². The summed E-state index contributed by atoms with van der Waals surface area (Å²) in [5, 5.41) is 1.09. The van der Waals surface area contributed by atoms with Crippen LogP contribution in [0.3, 0.4) is 0 Å². The van der Waals surface area contributed by atoms with Crippen LogP contribution in [-0.2, 0) is 22.6 Å². The summed E-state index contributed by atoms with van der Waals surface area (Å²) in [7, 11) is 0. The highest BCUT2D eigenvalue weighted by Crippen LogP contribution is 2.36. The normalized spacial score (nSPS) is 20.7. The van der Waals surface area contributed by atoms with Gasteiger partial charge in [-0.15, -0.1) is 0 Å². The van der Waals surface area contributed by atoms with Crippen molar-refractivity contribution in [3.8, 4) is 0 Å². The van der Waals surface area contributed by atoms with Gasteiger partial charge in [-0.2, -0.15) is 0 Å². The molecule has 3 fully saturated rings. The molecule has 0 unspecified atom stereocenters. The van der Waals surface area contributed by atoms with Crippen molar-refractivity contribution in [1.29, 1.82) is 0 Å². The number of amides is 2. The molecule has 7 heteroatoms. The number of likely N-dealkylation sites (tertiary alicyclic amines) is 1. The van der Waals surface area contributed by atoms with Gasteiger partial charge >= 0.3 is 0 Å². The lowest BCUT2D eigenvalue weighted by Gasteiger charge is -2.27. The maximum absolute atomic E-state index is 13.3. The van der Waals surface area contributed by atoms with E-state index >= 15 is 0 Å². The third-order valence-electron chi connectivity index (χ3n) is 7.80. The Morgan fingerprint density at radius 3 is 2.66 bits per heavy atom. The number of thiocarbonyl (C=S) groups is 1. The van der Waals surface area contributed by atoms with Crippen LogP contribution in [0.25, 0.3) is 17.0 Å². The number of nitrogens with zero attached hydrogens (tertiary/aromatic N) is 3. The average molecular weight is 510 g/mol. The van der Waals surface area contributed by atoms with Gasteiger partial charge in [0.2, 0.25) is 5.91 Å². The van der Waals surface area contributed by atoms with Crippen LogP contribution >= 0.6 is 24.0 Å². The molecule has 3 heterocycles. The summed E-state index contributed by atoms with van der Waals surface area (Å²) in [5.74, 6) is 0.929. The predicted octanol–water partition coefficient (Wildman–Crippen LogP) is 6.00. The number of hydrogen-bond acceptors (Lipinski definition) is 4. The maximum Gasteiger partial charge on any atom is 0.266 e. The third kappa shape index (κ3) is 5.21. The largest absolute Gasteiger partial charge is 0.341 e. The molecule has 1 saturated carbocycles. The Kier molecular flexibility index (Phi) is 7.63. The van der Waals surface area contributed by atoms with Crippen molar-refractivity contribution in [3.63, 3.8) is 0 Å². The van der Waals surface area contributed by atoms with Crippen molar-refractivity contribution in [2.75, 3.05) is 19.6 Å². The minimum Gasteiger partial charge on any atom is -0.341 e. The Hall–Kier alpha value is -2.12. The molecule has 1 aromatic carbocycles. The number of carbonyl (C=O) groups is 2. The van der Waals surface area contributed by atoms with Gasteiger partial charge < -0.3 is 9.47 Å². The van der Waals surface area contributed by atoms with Gasteiger partial charge in [0.1, 0.15) is 10.9 Å². The number of carbonyl (C=O) groups excluding carboxylic acids is 2. The molecule has 1 aromatic heterocycles. The molecule has 2 amide bonds. The van der Waals surface area contributed by atoms with Crippen molar-refractivity contribution >= 4 is 57.1 Å². The van der Waals surface area contributed by atoms with E-state index in [4.69, 9.17) is 12.2 Å². The number of aromatic nitrogens is 1. The Balaban J connectivity index is 1.41. The van der Waals surface area contributed by atoms with E-state index in [2.05, 4.69) is 35.9 Å². The van der Waals surface area contributed by atoms with Crippen molar-refractivity contribution in [2.45, 2.75) is 71.3 Å². The van der Waals surface area contributed by atoms with Gasteiger partial charge in [-0.3, -0.25) is 14.5 Å². The van der Waals surface area contributed by atoms with Crippen molar-refractivity contribution in [2.24, 2.45) is 5.92 Å². The lowest BCUT2D eigenvalue weighted by Crippen LogP contribution is -2.37. The number of para-hydroxylation sites is 1. The first-order chi connectivity index (χ1) is 17.0. The van der Waals surface area contributed by atoms with Gasteiger partial charge in [-0.05, 0) is 49.7 Å². The van der Waals surface area contributed by atoms with Gasteiger partial charge in [0, 0.05) is 36.8 Å². The predicted molar refractivity (Wildman–Crippen MR) is 148 cm³/mol. The molecule has 2 aliphatic heterocycles. The molecule has 0 N–H and O–H groups in total. The molecule has 2 saturated heterocycles. The second-order valence-corrected chi connectivity index (χ2v) is 11.8. The van der Waals surface area contributed by atoms with Crippen LogP contribution < -0.4 is 0 Å². The monoisotopic (exact) mass is 509 g/mol. The quantitative estimate of drug-likeness (QED) is 0.339. The van der Waals surface area contributed by atoms with E-state index < -0.39 is 0 Å². The van der Waals surface area contributed by atoms with Crippen molar-refractivity contribution in [3.05, 3.63) is 40.4 Å². The number of piperidine rings is 1.